The summed E-state index contributed by atoms with van der Waals surface area (Å²) in [6.45, 7) is -0.239. The highest BCUT2D eigenvalue weighted by Gasteiger charge is 2.16. The Kier molecular flexibility index (Phi) is 6.73. The summed E-state index contributed by atoms with van der Waals surface area (Å²) in [5.41, 5.74) is 0.983. The Hall–Kier alpha value is -4.20. The number of hydrogen-bond donors (Lipinski definition) is 1. The summed E-state index contributed by atoms with van der Waals surface area (Å²) in [5, 5.41) is 13.4. The summed E-state index contributed by atoms with van der Waals surface area (Å²) in [6.07, 6.45) is 0. The Morgan fingerprint density at radius 1 is 0.933 bits per heavy atom. The van der Waals surface area contributed by atoms with Crippen molar-refractivity contribution in [1.29, 1.82) is 0 Å². The van der Waals surface area contributed by atoms with Gasteiger partial charge in [-0.05, 0) is 29.8 Å². The fraction of sp³-hybridized carbons (Fsp3) is 0.0909. The van der Waals surface area contributed by atoms with Crippen LogP contribution in [0, 0.1) is 10.1 Å². The van der Waals surface area contributed by atoms with E-state index in [1.807, 2.05) is 30.3 Å². The van der Waals surface area contributed by atoms with Crippen molar-refractivity contribution in [2.45, 2.75) is 6.61 Å². The van der Waals surface area contributed by atoms with E-state index in [9.17, 15) is 19.7 Å². The first-order chi connectivity index (χ1) is 14.5. The number of carbonyl (C=O) groups excluding carboxylic acids is 2. The van der Waals surface area contributed by atoms with Crippen molar-refractivity contribution in [3.63, 3.8) is 0 Å². The predicted molar refractivity (Wildman–Crippen MR) is 109 cm³/mol. The van der Waals surface area contributed by atoms with Gasteiger partial charge in [-0.1, -0.05) is 48.5 Å². The maximum Gasteiger partial charge on any atom is 0.338 e. The van der Waals surface area contributed by atoms with Gasteiger partial charge in [-0.2, -0.15) is 0 Å². The highest BCUT2D eigenvalue weighted by molar-refractivity contribution is 5.96. The molecule has 0 radical (unpaired) electrons. The number of para-hydroxylation sites is 2. The summed E-state index contributed by atoms with van der Waals surface area (Å²) < 4.78 is 10.7. The first-order valence-electron chi connectivity index (χ1n) is 9.00. The fourth-order valence-electron chi connectivity index (χ4n) is 2.59. The Morgan fingerprint density at radius 2 is 1.67 bits per heavy atom. The van der Waals surface area contributed by atoms with Crippen LogP contribution in [0.5, 0.6) is 5.75 Å². The van der Waals surface area contributed by atoms with Gasteiger partial charge in [-0.15, -0.1) is 0 Å². The normalized spacial score (nSPS) is 10.1. The third kappa shape index (κ3) is 5.65. The molecule has 152 valence electrons. The molecule has 0 aliphatic heterocycles. The van der Waals surface area contributed by atoms with Crippen LogP contribution < -0.4 is 10.1 Å². The fourth-order valence-corrected chi connectivity index (χ4v) is 2.59. The van der Waals surface area contributed by atoms with E-state index in [0.717, 1.165) is 5.56 Å². The lowest BCUT2D eigenvalue weighted by Gasteiger charge is -2.09. The van der Waals surface area contributed by atoms with Crippen molar-refractivity contribution in [2.75, 3.05) is 11.9 Å². The maximum atomic E-state index is 12.2. The molecule has 0 unspecified atom stereocenters. The minimum Gasteiger partial charge on any atom is -0.489 e. The number of nitro groups is 1. The van der Waals surface area contributed by atoms with Crippen molar-refractivity contribution >= 4 is 23.3 Å². The molecule has 1 N–H and O–H groups in total. The van der Waals surface area contributed by atoms with Gasteiger partial charge in [0.15, 0.2) is 6.61 Å². The molecule has 0 aliphatic rings. The van der Waals surface area contributed by atoms with Crippen LogP contribution in [-0.4, -0.2) is 23.4 Å². The van der Waals surface area contributed by atoms with E-state index < -0.39 is 23.4 Å². The number of carbonyl (C=O) groups is 2. The Bertz CT molecular complexity index is 1050. The van der Waals surface area contributed by atoms with Gasteiger partial charge >= 0.3 is 5.97 Å². The predicted octanol–water partition coefficient (Wildman–Crippen LogP) is 3.97. The van der Waals surface area contributed by atoms with E-state index in [4.69, 9.17) is 9.47 Å². The number of anilines is 1. The number of benzene rings is 3. The molecule has 0 atom stereocenters. The van der Waals surface area contributed by atoms with Crippen LogP contribution in [0.4, 0.5) is 11.4 Å². The summed E-state index contributed by atoms with van der Waals surface area (Å²) in [4.78, 5) is 34.6. The molecule has 0 bridgehead atoms. The lowest BCUT2D eigenvalue weighted by atomic mass is 10.2. The molecule has 0 saturated heterocycles. The molecule has 0 spiro atoms. The summed E-state index contributed by atoms with van der Waals surface area (Å²) in [6, 6.07) is 21.7. The standard InChI is InChI=1S/C22H18N2O6/c25-21(23-19-11-4-5-12-20(19)24(27)28)15-30-22(26)17-9-6-10-18(13-17)29-14-16-7-2-1-3-8-16/h1-13H,14-15H2,(H,23,25). The van der Waals surface area contributed by atoms with Gasteiger partial charge < -0.3 is 14.8 Å². The zero-order chi connectivity index (χ0) is 21.3. The highest BCUT2D eigenvalue weighted by Crippen LogP contribution is 2.23. The molecule has 0 aliphatic carbocycles. The molecule has 3 rings (SSSR count). The van der Waals surface area contributed by atoms with Gasteiger partial charge in [0.1, 0.15) is 18.0 Å². The summed E-state index contributed by atoms with van der Waals surface area (Å²) >= 11 is 0. The SMILES string of the molecule is O=C(COC(=O)c1cccc(OCc2ccccc2)c1)Nc1ccccc1[N+](=O)[O-]. The number of esters is 1. The van der Waals surface area contributed by atoms with Crippen molar-refractivity contribution in [2.24, 2.45) is 0 Å². The van der Waals surface area contributed by atoms with E-state index in [1.165, 1.54) is 30.3 Å². The van der Waals surface area contributed by atoms with Crippen LogP contribution in [0.25, 0.3) is 0 Å². The monoisotopic (exact) mass is 406 g/mol. The van der Waals surface area contributed by atoms with Gasteiger partial charge in [-0.25, -0.2) is 4.79 Å². The molecule has 0 saturated carbocycles. The number of nitrogens with zero attached hydrogens (tertiary/aromatic N) is 1. The number of nitrogens with one attached hydrogen (secondary N) is 1. The number of hydrogen-bond acceptors (Lipinski definition) is 6. The molecule has 1 amide bonds. The Labute approximate surface area is 172 Å². The van der Waals surface area contributed by atoms with E-state index in [1.54, 1.807) is 18.2 Å². The van der Waals surface area contributed by atoms with Crippen LogP contribution in [0.1, 0.15) is 15.9 Å². The van der Waals surface area contributed by atoms with Gasteiger partial charge in [0.2, 0.25) is 0 Å². The first kappa shape index (κ1) is 20.5. The molecule has 8 nitrogen and oxygen atoms in total. The Morgan fingerprint density at radius 3 is 2.43 bits per heavy atom. The topological polar surface area (TPSA) is 108 Å². The van der Waals surface area contributed by atoms with E-state index in [2.05, 4.69) is 5.32 Å². The summed E-state index contributed by atoms with van der Waals surface area (Å²) in [5.74, 6) is -0.912. The molecular weight excluding hydrogens is 388 g/mol. The molecule has 3 aromatic rings. The second kappa shape index (κ2) is 9.83. The van der Waals surface area contributed by atoms with Crippen molar-refractivity contribution in [1.82, 2.24) is 0 Å². The van der Waals surface area contributed by atoms with E-state index in [0.29, 0.717) is 12.4 Å². The maximum absolute atomic E-state index is 12.2. The molecule has 30 heavy (non-hydrogen) atoms. The molecule has 3 aromatic carbocycles. The molecular formula is C22H18N2O6. The molecule has 8 heteroatoms. The minimum atomic E-state index is -0.710. The third-order valence-corrected chi connectivity index (χ3v) is 4.03. The third-order valence-electron chi connectivity index (χ3n) is 4.03. The largest absolute Gasteiger partial charge is 0.489 e. The van der Waals surface area contributed by atoms with Gasteiger partial charge in [0, 0.05) is 6.07 Å². The number of rotatable bonds is 8. The average molecular weight is 406 g/mol. The number of nitro benzene ring substituents is 1. The van der Waals surface area contributed by atoms with E-state index in [-0.39, 0.29) is 16.9 Å². The number of ether oxygens (including phenoxy) is 2. The van der Waals surface area contributed by atoms with Crippen LogP contribution in [-0.2, 0) is 16.1 Å². The zero-order valence-electron chi connectivity index (χ0n) is 15.8. The number of amides is 1. The second-order valence-electron chi connectivity index (χ2n) is 6.20. The Balaban J connectivity index is 1.55. The molecule has 0 heterocycles. The quantitative estimate of drug-likeness (QED) is 0.345. The van der Waals surface area contributed by atoms with Crippen LogP contribution in [0.3, 0.4) is 0 Å². The van der Waals surface area contributed by atoms with Crippen LogP contribution in [0.2, 0.25) is 0 Å². The lowest BCUT2D eigenvalue weighted by Crippen LogP contribution is -2.21. The molecule has 0 fully saturated rings. The lowest BCUT2D eigenvalue weighted by molar-refractivity contribution is -0.383. The van der Waals surface area contributed by atoms with Gasteiger partial charge in [0.05, 0.1) is 10.5 Å². The van der Waals surface area contributed by atoms with Crippen LogP contribution >= 0.6 is 0 Å². The van der Waals surface area contributed by atoms with Crippen molar-refractivity contribution in [3.05, 3.63) is 100 Å². The first-order valence-corrected chi connectivity index (χ1v) is 9.00. The smallest absolute Gasteiger partial charge is 0.338 e. The second-order valence-corrected chi connectivity index (χ2v) is 6.20. The van der Waals surface area contributed by atoms with Gasteiger partial charge in [-0.3, -0.25) is 14.9 Å². The summed E-state index contributed by atoms with van der Waals surface area (Å²) in [7, 11) is 0. The molecule has 0 aromatic heterocycles. The highest BCUT2D eigenvalue weighted by atomic mass is 16.6. The zero-order valence-corrected chi connectivity index (χ0v) is 15.8. The minimum absolute atomic E-state index is 0.0276. The van der Waals surface area contributed by atoms with Crippen molar-refractivity contribution < 1.29 is 24.0 Å². The van der Waals surface area contributed by atoms with E-state index >= 15 is 0 Å². The van der Waals surface area contributed by atoms with Crippen LogP contribution in [0.15, 0.2) is 78.9 Å². The van der Waals surface area contributed by atoms with Crippen molar-refractivity contribution in [3.8, 4) is 5.75 Å². The average Bonchev–Trinajstić information content (AvgIpc) is 2.77. The van der Waals surface area contributed by atoms with Gasteiger partial charge in [0.25, 0.3) is 11.6 Å².